The predicted molar refractivity (Wildman–Crippen MR) is 73.2 cm³/mol. The van der Waals surface area contributed by atoms with Crippen LogP contribution in [0.25, 0.3) is 0 Å². The third-order valence-electron chi connectivity index (χ3n) is 3.09. The molecule has 1 amide bonds. The van der Waals surface area contributed by atoms with Crippen molar-refractivity contribution in [2.45, 2.75) is 18.8 Å². The number of rotatable bonds is 4. The minimum atomic E-state index is -1.08. The molecule has 0 bridgehead atoms. The molecule has 0 unspecified atom stereocenters. The number of para-hydroxylation sites is 1. The number of benzene rings is 1. The predicted octanol–water partition coefficient (Wildman–Crippen LogP) is 2.37. The Bertz CT molecular complexity index is 679. The highest BCUT2D eigenvalue weighted by Gasteiger charge is 2.31. The van der Waals surface area contributed by atoms with Gasteiger partial charge >= 0.3 is 5.97 Å². The molecule has 0 saturated heterocycles. The maximum Gasteiger partial charge on any atom is 0.337 e. The van der Waals surface area contributed by atoms with E-state index in [0.717, 1.165) is 30.1 Å². The number of aromatic nitrogens is 2. The number of nitrogens with one attached hydrogen (secondary N) is 1. The number of amides is 1. The maximum atomic E-state index is 12.2. The van der Waals surface area contributed by atoms with Gasteiger partial charge in [-0.05, 0) is 36.5 Å². The largest absolute Gasteiger partial charge is 0.478 e. The third kappa shape index (κ3) is 2.39. The molecule has 1 aromatic heterocycles. The van der Waals surface area contributed by atoms with Crippen LogP contribution in [0.3, 0.4) is 0 Å². The lowest BCUT2D eigenvalue weighted by atomic mass is 10.1. The molecule has 1 aliphatic rings. The summed E-state index contributed by atoms with van der Waals surface area (Å²) in [5.41, 5.74) is 1.06. The number of carboxylic acid groups (broad SMARTS) is 1. The van der Waals surface area contributed by atoms with Crippen LogP contribution in [0.2, 0.25) is 0 Å². The van der Waals surface area contributed by atoms with Crippen LogP contribution < -0.4 is 5.32 Å². The Morgan fingerprint density at radius 1 is 1.30 bits per heavy atom. The fourth-order valence-corrected chi connectivity index (χ4v) is 2.58. The molecule has 7 heteroatoms. The van der Waals surface area contributed by atoms with E-state index in [2.05, 4.69) is 14.9 Å². The summed E-state index contributed by atoms with van der Waals surface area (Å²) in [6, 6.07) is 6.30. The van der Waals surface area contributed by atoms with E-state index in [4.69, 9.17) is 5.11 Å². The number of anilines is 1. The van der Waals surface area contributed by atoms with Gasteiger partial charge in [0.2, 0.25) is 0 Å². The highest BCUT2D eigenvalue weighted by molar-refractivity contribution is 7.08. The molecule has 0 aliphatic heterocycles. The molecule has 0 atom stereocenters. The second-order valence-electron chi connectivity index (χ2n) is 4.57. The monoisotopic (exact) mass is 289 g/mol. The minimum Gasteiger partial charge on any atom is -0.478 e. The second-order valence-corrected chi connectivity index (χ2v) is 5.32. The van der Waals surface area contributed by atoms with Crippen molar-refractivity contribution in [1.29, 1.82) is 0 Å². The van der Waals surface area contributed by atoms with Crippen LogP contribution in [0.1, 0.15) is 44.5 Å². The van der Waals surface area contributed by atoms with Gasteiger partial charge in [-0.15, -0.1) is 5.10 Å². The fourth-order valence-electron chi connectivity index (χ4n) is 1.94. The molecule has 1 saturated carbocycles. The normalized spacial score (nSPS) is 14.0. The lowest BCUT2D eigenvalue weighted by molar-refractivity contribution is 0.0698. The van der Waals surface area contributed by atoms with E-state index in [1.165, 1.54) is 6.07 Å². The molecule has 3 rings (SSSR count). The van der Waals surface area contributed by atoms with Crippen LogP contribution in [0.15, 0.2) is 24.3 Å². The first-order valence-corrected chi connectivity index (χ1v) is 6.90. The first kappa shape index (κ1) is 12.7. The molecular formula is C13H11N3O3S. The summed E-state index contributed by atoms with van der Waals surface area (Å²) >= 11 is 1.04. The lowest BCUT2D eigenvalue weighted by Crippen LogP contribution is -2.15. The summed E-state index contributed by atoms with van der Waals surface area (Å²) in [6.07, 6.45) is 2.05. The summed E-state index contributed by atoms with van der Waals surface area (Å²) in [7, 11) is 0. The Hall–Kier alpha value is -2.28. The highest BCUT2D eigenvalue weighted by Crippen LogP contribution is 2.41. The van der Waals surface area contributed by atoms with Gasteiger partial charge in [-0.2, -0.15) is 0 Å². The zero-order chi connectivity index (χ0) is 14.1. The van der Waals surface area contributed by atoms with E-state index in [1.54, 1.807) is 18.2 Å². The van der Waals surface area contributed by atoms with Crippen LogP contribution in [0.4, 0.5) is 5.69 Å². The number of hydrogen-bond acceptors (Lipinski definition) is 5. The minimum absolute atomic E-state index is 0.0614. The quantitative estimate of drug-likeness (QED) is 0.901. The van der Waals surface area contributed by atoms with Crippen molar-refractivity contribution in [2.75, 3.05) is 5.32 Å². The molecule has 2 aromatic rings. The van der Waals surface area contributed by atoms with E-state index >= 15 is 0 Å². The first-order chi connectivity index (χ1) is 9.66. The Labute approximate surface area is 118 Å². The molecule has 1 heterocycles. The van der Waals surface area contributed by atoms with Crippen molar-refractivity contribution in [3.8, 4) is 0 Å². The van der Waals surface area contributed by atoms with Crippen molar-refractivity contribution in [2.24, 2.45) is 0 Å². The first-order valence-electron chi connectivity index (χ1n) is 6.12. The number of aromatic carboxylic acids is 1. The summed E-state index contributed by atoms with van der Waals surface area (Å²) in [4.78, 5) is 23.8. The number of hydrogen-bond donors (Lipinski definition) is 2. The molecule has 2 N–H and O–H groups in total. The van der Waals surface area contributed by atoms with Crippen molar-refractivity contribution in [1.82, 2.24) is 9.59 Å². The van der Waals surface area contributed by atoms with Gasteiger partial charge in [-0.3, -0.25) is 4.79 Å². The lowest BCUT2D eigenvalue weighted by Gasteiger charge is -2.07. The van der Waals surface area contributed by atoms with Crippen LogP contribution >= 0.6 is 11.5 Å². The molecule has 0 spiro atoms. The molecule has 20 heavy (non-hydrogen) atoms. The van der Waals surface area contributed by atoms with E-state index < -0.39 is 5.97 Å². The van der Waals surface area contributed by atoms with E-state index in [1.807, 2.05) is 0 Å². The standard InChI is InChI=1S/C13H11N3O3S/c17-12(11-10(7-5-6-7)15-16-20-11)14-9-4-2-1-3-8(9)13(18)19/h1-4,7H,5-6H2,(H,14,17)(H,18,19). The number of carbonyl (C=O) groups is 2. The van der Waals surface area contributed by atoms with Crippen LogP contribution in [-0.4, -0.2) is 26.6 Å². The van der Waals surface area contributed by atoms with E-state index in [9.17, 15) is 9.59 Å². The SMILES string of the molecule is O=C(O)c1ccccc1NC(=O)c1snnc1C1CC1. The van der Waals surface area contributed by atoms with Crippen molar-refractivity contribution >= 4 is 29.1 Å². The smallest absolute Gasteiger partial charge is 0.337 e. The summed E-state index contributed by atoms with van der Waals surface area (Å²) in [5, 5.41) is 15.7. The second kappa shape index (κ2) is 5.01. The van der Waals surface area contributed by atoms with Gasteiger partial charge in [-0.1, -0.05) is 16.6 Å². The van der Waals surface area contributed by atoms with Gasteiger partial charge in [0, 0.05) is 5.92 Å². The fraction of sp³-hybridized carbons (Fsp3) is 0.231. The van der Waals surface area contributed by atoms with Crippen molar-refractivity contribution in [3.05, 3.63) is 40.4 Å². The Balaban J connectivity index is 1.86. The average Bonchev–Trinajstić information content (AvgIpc) is 3.16. The van der Waals surface area contributed by atoms with Crippen LogP contribution in [-0.2, 0) is 0 Å². The maximum absolute atomic E-state index is 12.2. The summed E-state index contributed by atoms with van der Waals surface area (Å²) in [5.74, 6) is -1.11. The third-order valence-corrected chi connectivity index (χ3v) is 3.83. The van der Waals surface area contributed by atoms with Gasteiger partial charge in [0.05, 0.1) is 16.9 Å². The van der Waals surface area contributed by atoms with Crippen LogP contribution in [0.5, 0.6) is 0 Å². The van der Waals surface area contributed by atoms with Gasteiger partial charge < -0.3 is 10.4 Å². The Morgan fingerprint density at radius 3 is 2.75 bits per heavy atom. The zero-order valence-electron chi connectivity index (χ0n) is 10.4. The molecule has 1 aromatic carbocycles. The molecule has 102 valence electrons. The van der Waals surface area contributed by atoms with E-state index in [-0.39, 0.29) is 17.2 Å². The van der Waals surface area contributed by atoms with Gasteiger partial charge in [-0.25, -0.2) is 4.79 Å². The number of carbonyl (C=O) groups excluding carboxylic acids is 1. The average molecular weight is 289 g/mol. The Kier molecular flexibility index (Phi) is 3.19. The summed E-state index contributed by atoms with van der Waals surface area (Å²) < 4.78 is 3.82. The van der Waals surface area contributed by atoms with Crippen LogP contribution in [0, 0.1) is 0 Å². The number of nitrogens with zero attached hydrogens (tertiary/aromatic N) is 2. The summed E-state index contributed by atoms with van der Waals surface area (Å²) in [6.45, 7) is 0. The number of carboxylic acids is 1. The van der Waals surface area contributed by atoms with Crippen molar-refractivity contribution < 1.29 is 14.7 Å². The van der Waals surface area contributed by atoms with Gasteiger partial charge in [0.15, 0.2) is 0 Å². The molecule has 1 fully saturated rings. The topological polar surface area (TPSA) is 92.2 Å². The zero-order valence-corrected chi connectivity index (χ0v) is 11.2. The molecule has 0 radical (unpaired) electrons. The molecule has 1 aliphatic carbocycles. The van der Waals surface area contributed by atoms with Gasteiger partial charge in [0.25, 0.3) is 5.91 Å². The van der Waals surface area contributed by atoms with Gasteiger partial charge in [0.1, 0.15) is 4.88 Å². The van der Waals surface area contributed by atoms with Crippen molar-refractivity contribution in [3.63, 3.8) is 0 Å². The molecular weight excluding hydrogens is 278 g/mol. The Morgan fingerprint density at radius 2 is 2.05 bits per heavy atom. The highest BCUT2D eigenvalue weighted by atomic mass is 32.1. The van der Waals surface area contributed by atoms with E-state index in [0.29, 0.717) is 10.8 Å². The molecule has 6 nitrogen and oxygen atoms in total.